The molecule has 4 aromatic rings. The van der Waals surface area contributed by atoms with Crippen molar-refractivity contribution in [3.63, 3.8) is 0 Å². The number of para-hydroxylation sites is 1. The quantitative estimate of drug-likeness (QED) is 0.460. The average molecular weight is 427 g/mol. The van der Waals surface area contributed by atoms with Crippen LogP contribution in [0.15, 0.2) is 94.4 Å². The van der Waals surface area contributed by atoms with Crippen molar-refractivity contribution in [2.75, 3.05) is 7.11 Å². The van der Waals surface area contributed by atoms with Crippen LogP contribution < -0.4 is 21.0 Å². The first-order valence-corrected chi connectivity index (χ1v) is 9.97. The van der Waals surface area contributed by atoms with Gasteiger partial charge in [0.15, 0.2) is 0 Å². The lowest BCUT2D eigenvalue weighted by Gasteiger charge is -2.07. The second kappa shape index (κ2) is 9.61. The highest BCUT2D eigenvalue weighted by molar-refractivity contribution is 5.97. The molecule has 160 valence electrons. The SMILES string of the molecule is COc1ccc(C(=O)NN=c2oc3ccccc3cc2C(=O)NCc2ccccc2)cc1. The molecule has 0 aliphatic carbocycles. The first kappa shape index (κ1) is 20.9. The van der Waals surface area contributed by atoms with E-state index in [1.807, 2.05) is 48.5 Å². The number of ether oxygens (including phenoxy) is 1. The van der Waals surface area contributed by atoms with Gasteiger partial charge in [0.05, 0.1) is 7.11 Å². The smallest absolute Gasteiger partial charge is 0.271 e. The van der Waals surface area contributed by atoms with E-state index in [2.05, 4.69) is 15.8 Å². The van der Waals surface area contributed by atoms with E-state index in [1.165, 1.54) is 0 Å². The summed E-state index contributed by atoms with van der Waals surface area (Å²) in [6.45, 7) is 0.351. The van der Waals surface area contributed by atoms with Gasteiger partial charge in [0.1, 0.15) is 16.9 Å². The molecule has 0 radical (unpaired) electrons. The lowest BCUT2D eigenvalue weighted by Crippen LogP contribution is -2.30. The maximum atomic E-state index is 12.9. The van der Waals surface area contributed by atoms with Gasteiger partial charge in [-0.2, -0.15) is 0 Å². The van der Waals surface area contributed by atoms with Gasteiger partial charge in [-0.1, -0.05) is 48.5 Å². The lowest BCUT2D eigenvalue weighted by molar-refractivity contribution is 0.0932. The molecule has 0 unspecified atom stereocenters. The molecule has 0 spiro atoms. The number of nitrogens with one attached hydrogen (secondary N) is 2. The van der Waals surface area contributed by atoms with Crippen LogP contribution in [0, 0.1) is 0 Å². The third-order valence-electron chi connectivity index (χ3n) is 4.81. The van der Waals surface area contributed by atoms with Crippen LogP contribution in [0.3, 0.4) is 0 Å². The normalized spacial score (nSPS) is 11.2. The van der Waals surface area contributed by atoms with Crippen molar-refractivity contribution in [1.82, 2.24) is 10.7 Å². The molecular formula is C25H21N3O4. The number of methoxy groups -OCH3 is 1. The standard InChI is InChI=1S/C25H21N3O4/c1-31-20-13-11-18(12-14-20)23(29)27-28-25-21(15-19-9-5-6-10-22(19)32-25)24(30)26-16-17-7-3-2-4-8-17/h2-15H,16H2,1H3,(H,26,30)(H,27,29). The molecule has 0 bridgehead atoms. The predicted octanol–water partition coefficient (Wildman–Crippen LogP) is 3.62. The van der Waals surface area contributed by atoms with E-state index in [0.717, 1.165) is 10.9 Å². The summed E-state index contributed by atoms with van der Waals surface area (Å²) >= 11 is 0. The number of carbonyl (C=O) groups is 2. The zero-order chi connectivity index (χ0) is 22.3. The Balaban J connectivity index is 1.62. The number of fused-ring (bicyclic) bond motifs is 1. The van der Waals surface area contributed by atoms with Gasteiger partial charge >= 0.3 is 0 Å². The van der Waals surface area contributed by atoms with Gasteiger partial charge in [0.2, 0.25) is 5.55 Å². The van der Waals surface area contributed by atoms with Gasteiger partial charge in [0, 0.05) is 17.5 Å². The molecule has 0 saturated heterocycles. The van der Waals surface area contributed by atoms with Crippen molar-refractivity contribution in [3.05, 3.63) is 107 Å². The molecule has 4 rings (SSSR count). The molecule has 1 aromatic heterocycles. The molecule has 7 nitrogen and oxygen atoms in total. The Morgan fingerprint density at radius 2 is 1.62 bits per heavy atom. The molecule has 0 atom stereocenters. The zero-order valence-electron chi connectivity index (χ0n) is 17.4. The van der Waals surface area contributed by atoms with E-state index in [0.29, 0.717) is 23.4 Å². The Morgan fingerprint density at radius 3 is 2.38 bits per heavy atom. The summed E-state index contributed by atoms with van der Waals surface area (Å²) in [6.07, 6.45) is 0. The lowest BCUT2D eigenvalue weighted by atomic mass is 10.1. The summed E-state index contributed by atoms with van der Waals surface area (Å²) in [5, 5.41) is 7.71. The van der Waals surface area contributed by atoms with Crippen molar-refractivity contribution in [1.29, 1.82) is 0 Å². The van der Waals surface area contributed by atoms with Crippen molar-refractivity contribution in [2.24, 2.45) is 5.10 Å². The second-order valence-electron chi connectivity index (χ2n) is 6.95. The van der Waals surface area contributed by atoms with E-state index in [-0.39, 0.29) is 17.0 Å². The van der Waals surface area contributed by atoms with Crippen LogP contribution in [0.5, 0.6) is 5.75 Å². The molecule has 3 aromatic carbocycles. The van der Waals surface area contributed by atoms with Crippen LogP contribution in [-0.2, 0) is 6.54 Å². The van der Waals surface area contributed by atoms with E-state index in [1.54, 1.807) is 43.5 Å². The summed E-state index contributed by atoms with van der Waals surface area (Å²) in [5.74, 6) is -0.159. The van der Waals surface area contributed by atoms with E-state index >= 15 is 0 Å². The number of benzene rings is 3. The highest BCUT2D eigenvalue weighted by Crippen LogP contribution is 2.13. The molecule has 32 heavy (non-hydrogen) atoms. The van der Waals surface area contributed by atoms with Gasteiger partial charge in [-0.15, -0.1) is 5.10 Å². The molecule has 0 aliphatic heterocycles. The maximum absolute atomic E-state index is 12.9. The first-order chi connectivity index (χ1) is 15.6. The minimum atomic E-state index is -0.438. The number of rotatable bonds is 6. The second-order valence-corrected chi connectivity index (χ2v) is 6.95. The molecular weight excluding hydrogens is 406 g/mol. The first-order valence-electron chi connectivity index (χ1n) is 9.97. The van der Waals surface area contributed by atoms with Crippen LogP contribution in [0.2, 0.25) is 0 Å². The van der Waals surface area contributed by atoms with Crippen molar-refractivity contribution in [3.8, 4) is 5.75 Å². The molecule has 0 aliphatic rings. The third-order valence-corrected chi connectivity index (χ3v) is 4.81. The predicted molar refractivity (Wildman–Crippen MR) is 120 cm³/mol. The van der Waals surface area contributed by atoms with Crippen LogP contribution in [-0.4, -0.2) is 18.9 Å². The molecule has 1 heterocycles. The maximum Gasteiger partial charge on any atom is 0.271 e. The van der Waals surface area contributed by atoms with Crippen molar-refractivity contribution in [2.45, 2.75) is 6.54 Å². The number of hydrogen-bond acceptors (Lipinski definition) is 5. The molecule has 7 heteroatoms. The Labute approximate surface area is 184 Å². The van der Waals surface area contributed by atoms with Crippen LogP contribution in [0.4, 0.5) is 0 Å². The zero-order valence-corrected chi connectivity index (χ0v) is 17.4. The van der Waals surface area contributed by atoms with Gasteiger partial charge in [-0.25, -0.2) is 5.43 Å². The fraction of sp³-hybridized carbons (Fsp3) is 0.0800. The van der Waals surface area contributed by atoms with E-state index < -0.39 is 5.91 Å². The fourth-order valence-electron chi connectivity index (χ4n) is 3.10. The summed E-state index contributed by atoms with van der Waals surface area (Å²) in [5.41, 5.74) is 4.59. The minimum Gasteiger partial charge on any atom is -0.497 e. The Hall–Kier alpha value is -4.39. The summed E-state index contributed by atoms with van der Waals surface area (Å²) in [7, 11) is 1.55. The van der Waals surface area contributed by atoms with Crippen molar-refractivity contribution < 1.29 is 18.7 Å². The fourth-order valence-corrected chi connectivity index (χ4v) is 3.10. The monoisotopic (exact) mass is 427 g/mol. The minimum absolute atomic E-state index is 0.0103. The number of carbonyl (C=O) groups excluding carboxylic acids is 2. The number of nitrogens with zero attached hydrogens (tertiary/aromatic N) is 1. The Morgan fingerprint density at radius 1 is 0.906 bits per heavy atom. The molecule has 2 amide bonds. The van der Waals surface area contributed by atoms with Crippen LogP contribution in [0.1, 0.15) is 26.3 Å². The highest BCUT2D eigenvalue weighted by atomic mass is 16.5. The Bertz CT molecular complexity index is 1310. The molecule has 2 N–H and O–H groups in total. The average Bonchev–Trinajstić information content (AvgIpc) is 2.86. The van der Waals surface area contributed by atoms with Gasteiger partial charge in [0.25, 0.3) is 11.8 Å². The number of hydrogen-bond donors (Lipinski definition) is 2. The van der Waals surface area contributed by atoms with Gasteiger partial charge in [-0.05, 0) is 42.0 Å². The van der Waals surface area contributed by atoms with Crippen LogP contribution >= 0.6 is 0 Å². The largest absolute Gasteiger partial charge is 0.497 e. The van der Waals surface area contributed by atoms with Crippen LogP contribution in [0.25, 0.3) is 11.0 Å². The summed E-state index contributed by atoms with van der Waals surface area (Å²) in [6, 6.07) is 25.1. The van der Waals surface area contributed by atoms with Gasteiger partial charge in [-0.3, -0.25) is 9.59 Å². The highest BCUT2D eigenvalue weighted by Gasteiger charge is 2.13. The van der Waals surface area contributed by atoms with Crippen molar-refractivity contribution >= 4 is 22.8 Å². The summed E-state index contributed by atoms with van der Waals surface area (Å²) in [4.78, 5) is 25.4. The molecule has 0 fully saturated rings. The summed E-state index contributed by atoms with van der Waals surface area (Å²) < 4.78 is 10.9. The van der Waals surface area contributed by atoms with E-state index in [9.17, 15) is 9.59 Å². The van der Waals surface area contributed by atoms with Gasteiger partial charge < -0.3 is 14.5 Å². The topological polar surface area (TPSA) is 92.9 Å². The van der Waals surface area contributed by atoms with E-state index in [4.69, 9.17) is 9.15 Å². The third kappa shape index (κ3) is 4.84. The Kier molecular flexibility index (Phi) is 6.27. The molecule has 0 saturated carbocycles. The number of amides is 2.